The molecule has 1 N–H and O–H groups in total. The van der Waals surface area contributed by atoms with Gasteiger partial charge in [-0.05, 0) is 25.5 Å². The highest BCUT2D eigenvalue weighted by atomic mass is 15.4. The number of hydrogen-bond donors (Lipinski definition) is 1. The molecule has 0 bridgehead atoms. The molecular formula is C15H19N3. The molecule has 3 nitrogen and oxygen atoms in total. The molecule has 2 heterocycles. The predicted octanol–water partition coefficient (Wildman–Crippen LogP) is 2.31. The summed E-state index contributed by atoms with van der Waals surface area (Å²) in [6, 6.07) is 0.299. The van der Waals surface area contributed by atoms with Crippen molar-refractivity contribution in [2.75, 3.05) is 13.1 Å². The third-order valence-corrected chi connectivity index (χ3v) is 3.72. The SMILES string of the molecule is C=C1N(CC)C2=C(NC3C=CC=CC3=C2)N1CC. The Bertz CT molecular complexity index is 508. The minimum absolute atomic E-state index is 0.299. The Kier molecular flexibility index (Phi) is 2.54. The number of likely N-dealkylation sites (N-methyl/N-ethyl adjacent to an activating group) is 1. The van der Waals surface area contributed by atoms with E-state index in [2.05, 4.69) is 65.9 Å². The van der Waals surface area contributed by atoms with Gasteiger partial charge in [-0.25, -0.2) is 0 Å². The largest absolute Gasteiger partial charge is 0.359 e. The Morgan fingerprint density at radius 1 is 1.22 bits per heavy atom. The van der Waals surface area contributed by atoms with E-state index in [9.17, 15) is 0 Å². The number of allylic oxidation sites excluding steroid dienone is 3. The normalized spacial score (nSPS) is 25.1. The molecule has 2 aliphatic heterocycles. The molecule has 0 radical (unpaired) electrons. The highest BCUT2D eigenvalue weighted by Gasteiger charge is 2.34. The summed E-state index contributed by atoms with van der Waals surface area (Å²) in [5.41, 5.74) is 2.57. The maximum atomic E-state index is 4.21. The van der Waals surface area contributed by atoms with E-state index in [4.69, 9.17) is 0 Å². The van der Waals surface area contributed by atoms with Gasteiger partial charge < -0.3 is 15.1 Å². The van der Waals surface area contributed by atoms with Crippen molar-refractivity contribution in [3.63, 3.8) is 0 Å². The lowest BCUT2D eigenvalue weighted by molar-refractivity contribution is 0.352. The Labute approximate surface area is 108 Å². The molecule has 94 valence electrons. The minimum Gasteiger partial charge on any atom is -0.359 e. The highest BCUT2D eigenvalue weighted by molar-refractivity contribution is 5.49. The van der Waals surface area contributed by atoms with E-state index < -0.39 is 0 Å². The highest BCUT2D eigenvalue weighted by Crippen LogP contribution is 2.35. The molecular weight excluding hydrogens is 222 g/mol. The zero-order valence-electron chi connectivity index (χ0n) is 11.0. The average Bonchev–Trinajstić information content (AvgIpc) is 2.66. The summed E-state index contributed by atoms with van der Waals surface area (Å²) in [5.74, 6) is 2.26. The van der Waals surface area contributed by atoms with Crippen LogP contribution in [0.2, 0.25) is 0 Å². The van der Waals surface area contributed by atoms with Gasteiger partial charge in [0.25, 0.3) is 0 Å². The van der Waals surface area contributed by atoms with Crippen molar-refractivity contribution < 1.29 is 0 Å². The average molecular weight is 241 g/mol. The fourth-order valence-corrected chi connectivity index (χ4v) is 2.80. The van der Waals surface area contributed by atoms with Gasteiger partial charge in [0.1, 0.15) is 11.6 Å². The summed E-state index contributed by atoms with van der Waals surface area (Å²) in [6.45, 7) is 10.4. The molecule has 3 aliphatic rings. The van der Waals surface area contributed by atoms with Crippen molar-refractivity contribution in [2.24, 2.45) is 0 Å². The molecule has 0 saturated heterocycles. The number of nitrogens with one attached hydrogen (secondary N) is 1. The standard InChI is InChI=1S/C15H19N3/c1-4-17-11(3)18(5-2)15-14(17)10-12-8-6-7-9-13(12)16-15/h6-10,13,16H,3-5H2,1-2H3. The van der Waals surface area contributed by atoms with Crippen LogP contribution in [0.15, 0.2) is 59.9 Å². The Morgan fingerprint density at radius 3 is 2.72 bits per heavy atom. The van der Waals surface area contributed by atoms with Gasteiger partial charge in [0.15, 0.2) is 0 Å². The summed E-state index contributed by atoms with van der Waals surface area (Å²) in [6.07, 6.45) is 10.8. The van der Waals surface area contributed by atoms with E-state index in [1.165, 1.54) is 17.1 Å². The second-order valence-corrected chi connectivity index (χ2v) is 4.65. The Hall–Kier alpha value is -1.90. The van der Waals surface area contributed by atoms with Crippen molar-refractivity contribution >= 4 is 0 Å². The van der Waals surface area contributed by atoms with E-state index in [1.54, 1.807) is 0 Å². The lowest BCUT2D eigenvalue weighted by Crippen LogP contribution is -2.37. The van der Waals surface area contributed by atoms with Gasteiger partial charge in [-0.3, -0.25) is 0 Å². The van der Waals surface area contributed by atoms with Crippen LogP contribution in [0.1, 0.15) is 13.8 Å². The first-order chi connectivity index (χ1) is 8.76. The quantitative estimate of drug-likeness (QED) is 0.800. The molecule has 0 aromatic rings. The fourth-order valence-electron chi connectivity index (χ4n) is 2.80. The molecule has 1 atom stereocenters. The molecule has 0 spiro atoms. The molecule has 0 amide bonds. The van der Waals surface area contributed by atoms with Gasteiger partial charge >= 0.3 is 0 Å². The predicted molar refractivity (Wildman–Crippen MR) is 74.2 cm³/mol. The number of fused-ring (bicyclic) bond motifs is 1. The van der Waals surface area contributed by atoms with Crippen molar-refractivity contribution in [3.05, 3.63) is 59.9 Å². The van der Waals surface area contributed by atoms with Crippen LogP contribution < -0.4 is 5.32 Å². The summed E-state index contributed by atoms with van der Waals surface area (Å²) in [5, 5.41) is 3.61. The number of hydrogen-bond acceptors (Lipinski definition) is 3. The van der Waals surface area contributed by atoms with Gasteiger partial charge in [0.2, 0.25) is 0 Å². The van der Waals surface area contributed by atoms with Crippen molar-refractivity contribution in [2.45, 2.75) is 19.9 Å². The molecule has 0 saturated carbocycles. The Balaban J connectivity index is 2.04. The maximum absolute atomic E-state index is 4.21. The van der Waals surface area contributed by atoms with Crippen molar-refractivity contribution in [1.29, 1.82) is 0 Å². The second kappa shape index (κ2) is 4.09. The van der Waals surface area contributed by atoms with Crippen LogP contribution >= 0.6 is 0 Å². The number of nitrogens with zero attached hydrogens (tertiary/aromatic N) is 2. The molecule has 1 aliphatic carbocycles. The summed E-state index contributed by atoms with van der Waals surface area (Å²) in [4.78, 5) is 4.51. The van der Waals surface area contributed by atoms with Gasteiger partial charge in [-0.15, -0.1) is 0 Å². The first kappa shape index (κ1) is 11.2. The maximum Gasteiger partial charge on any atom is 0.132 e. The second-order valence-electron chi connectivity index (χ2n) is 4.65. The van der Waals surface area contributed by atoms with Crippen LogP contribution in [-0.2, 0) is 0 Å². The van der Waals surface area contributed by atoms with Crippen LogP contribution in [0.4, 0.5) is 0 Å². The molecule has 1 unspecified atom stereocenters. The fraction of sp³-hybridized carbons (Fsp3) is 0.333. The Morgan fingerprint density at radius 2 is 2.00 bits per heavy atom. The first-order valence-corrected chi connectivity index (χ1v) is 6.57. The van der Waals surface area contributed by atoms with Crippen LogP contribution in [0.3, 0.4) is 0 Å². The molecule has 3 heteroatoms. The van der Waals surface area contributed by atoms with E-state index >= 15 is 0 Å². The van der Waals surface area contributed by atoms with Crippen LogP contribution in [-0.4, -0.2) is 28.9 Å². The molecule has 18 heavy (non-hydrogen) atoms. The number of rotatable bonds is 2. The van der Waals surface area contributed by atoms with Gasteiger partial charge in [-0.2, -0.15) is 0 Å². The van der Waals surface area contributed by atoms with Crippen LogP contribution in [0.5, 0.6) is 0 Å². The van der Waals surface area contributed by atoms with Gasteiger partial charge in [-0.1, -0.05) is 30.9 Å². The lowest BCUT2D eigenvalue weighted by atomic mass is 9.98. The smallest absolute Gasteiger partial charge is 0.132 e. The molecule has 3 rings (SSSR count). The molecule has 0 fully saturated rings. The van der Waals surface area contributed by atoms with Crippen molar-refractivity contribution in [1.82, 2.24) is 15.1 Å². The zero-order chi connectivity index (χ0) is 12.7. The van der Waals surface area contributed by atoms with E-state index in [0.29, 0.717) is 6.04 Å². The van der Waals surface area contributed by atoms with E-state index in [1.807, 2.05) is 0 Å². The third kappa shape index (κ3) is 1.43. The topological polar surface area (TPSA) is 18.5 Å². The third-order valence-electron chi connectivity index (χ3n) is 3.72. The summed E-state index contributed by atoms with van der Waals surface area (Å²) >= 11 is 0. The number of dihydropyridines is 1. The summed E-state index contributed by atoms with van der Waals surface area (Å²) < 4.78 is 0. The van der Waals surface area contributed by atoms with Gasteiger partial charge in [0, 0.05) is 13.1 Å². The first-order valence-electron chi connectivity index (χ1n) is 6.57. The van der Waals surface area contributed by atoms with Gasteiger partial charge in [0.05, 0.1) is 11.7 Å². The van der Waals surface area contributed by atoms with E-state index in [-0.39, 0.29) is 0 Å². The molecule has 0 aromatic heterocycles. The zero-order valence-corrected chi connectivity index (χ0v) is 11.0. The minimum atomic E-state index is 0.299. The van der Waals surface area contributed by atoms with Crippen LogP contribution in [0.25, 0.3) is 0 Å². The molecule has 0 aromatic carbocycles. The van der Waals surface area contributed by atoms with Crippen molar-refractivity contribution in [3.8, 4) is 0 Å². The van der Waals surface area contributed by atoms with E-state index in [0.717, 1.165) is 18.9 Å². The van der Waals surface area contributed by atoms with Crippen LogP contribution in [0, 0.1) is 0 Å². The summed E-state index contributed by atoms with van der Waals surface area (Å²) in [7, 11) is 0. The monoisotopic (exact) mass is 241 g/mol. The lowest BCUT2D eigenvalue weighted by Gasteiger charge is -2.28.